The summed E-state index contributed by atoms with van der Waals surface area (Å²) in [6.45, 7) is -0.0305. The summed E-state index contributed by atoms with van der Waals surface area (Å²) in [7, 11) is -4.26. The van der Waals surface area contributed by atoms with Crippen LogP contribution in [-0.2, 0) is 10.0 Å². The quantitative estimate of drug-likeness (QED) is 0.352. The number of halogens is 6. The number of carbonyl (C=O) groups excluding carboxylic acids is 1. The van der Waals surface area contributed by atoms with Gasteiger partial charge in [-0.2, -0.15) is 13.2 Å². The first-order valence-electron chi connectivity index (χ1n) is 9.51. The molecule has 1 aromatic heterocycles. The van der Waals surface area contributed by atoms with Crippen molar-refractivity contribution in [3.63, 3.8) is 0 Å². The van der Waals surface area contributed by atoms with Gasteiger partial charge in [0, 0.05) is 23.0 Å². The molecule has 3 aromatic rings. The lowest BCUT2D eigenvalue weighted by Gasteiger charge is -2.15. The molecular formula is C21H15Cl3F3N3O4S. The number of pyridine rings is 1. The highest BCUT2D eigenvalue weighted by atomic mass is 35.5. The lowest BCUT2D eigenvalue weighted by atomic mass is 10.1. The monoisotopic (exact) mass is 567 g/mol. The Labute approximate surface area is 213 Å². The molecule has 1 amide bonds. The molecule has 0 fully saturated rings. The van der Waals surface area contributed by atoms with Gasteiger partial charge in [-0.1, -0.05) is 34.8 Å². The maximum absolute atomic E-state index is 12.9. The molecule has 0 aliphatic rings. The van der Waals surface area contributed by atoms with Crippen LogP contribution < -0.4 is 14.8 Å². The lowest BCUT2D eigenvalue weighted by Crippen LogP contribution is -2.33. The van der Waals surface area contributed by atoms with Gasteiger partial charge in [0.15, 0.2) is 0 Å². The topological polar surface area (TPSA) is 97.4 Å². The van der Waals surface area contributed by atoms with E-state index < -0.39 is 28.7 Å². The number of nitrogens with zero attached hydrogens (tertiary/aromatic N) is 1. The molecule has 0 saturated carbocycles. The van der Waals surface area contributed by atoms with Crippen LogP contribution in [0.1, 0.15) is 15.9 Å². The highest BCUT2D eigenvalue weighted by Gasteiger charge is 2.29. The van der Waals surface area contributed by atoms with Crippen molar-refractivity contribution < 1.29 is 31.1 Å². The molecule has 7 nitrogen and oxygen atoms in total. The second-order valence-corrected chi connectivity index (χ2v) is 9.99. The minimum absolute atomic E-state index is 0.0964. The highest BCUT2D eigenvalue weighted by Crippen LogP contribution is 2.32. The molecular weight excluding hydrogens is 554 g/mol. The summed E-state index contributed by atoms with van der Waals surface area (Å²) in [6, 6.07) is 7.37. The number of aryl methyl sites for hydroxylation is 1. The lowest BCUT2D eigenvalue weighted by molar-refractivity contribution is -0.123. The molecule has 2 aromatic carbocycles. The summed E-state index contributed by atoms with van der Waals surface area (Å²) in [6.07, 6.45) is -2.08. The van der Waals surface area contributed by atoms with Crippen LogP contribution in [0, 0.1) is 6.92 Å². The average molecular weight is 569 g/mol. The first kappa shape index (κ1) is 26.9. The summed E-state index contributed by atoms with van der Waals surface area (Å²) >= 11 is 17.9. The molecule has 0 unspecified atom stereocenters. The molecule has 14 heteroatoms. The molecule has 1 heterocycles. The maximum atomic E-state index is 12.9. The number of ether oxygens (including phenoxy) is 1. The van der Waals surface area contributed by atoms with E-state index in [1.54, 1.807) is 12.2 Å². The number of aromatic nitrogens is 1. The molecule has 0 saturated heterocycles. The van der Waals surface area contributed by atoms with Gasteiger partial charge < -0.3 is 10.1 Å². The number of hydrogen-bond donors (Lipinski definition) is 2. The number of hydrogen-bond acceptors (Lipinski definition) is 5. The van der Waals surface area contributed by atoms with Gasteiger partial charge in [0.25, 0.3) is 15.9 Å². The van der Waals surface area contributed by atoms with E-state index in [2.05, 4.69) is 9.71 Å². The fraction of sp³-hybridized carbons (Fsp3) is 0.143. The Morgan fingerprint density at radius 2 is 1.77 bits per heavy atom. The van der Waals surface area contributed by atoms with E-state index in [9.17, 15) is 26.4 Å². The van der Waals surface area contributed by atoms with Crippen molar-refractivity contribution in [3.05, 3.63) is 75.0 Å². The van der Waals surface area contributed by atoms with Gasteiger partial charge in [0.1, 0.15) is 22.9 Å². The third-order valence-electron chi connectivity index (χ3n) is 4.34. The molecule has 0 bridgehead atoms. The van der Waals surface area contributed by atoms with Gasteiger partial charge in [-0.05, 0) is 42.8 Å². The summed E-state index contributed by atoms with van der Waals surface area (Å²) < 4.78 is 71.5. The van der Waals surface area contributed by atoms with Crippen molar-refractivity contribution in [2.24, 2.45) is 0 Å². The molecule has 0 radical (unpaired) electrons. The zero-order chi connectivity index (χ0) is 26.0. The number of sulfonamides is 1. The normalized spacial score (nSPS) is 11.7. The predicted octanol–water partition coefficient (Wildman–Crippen LogP) is 6.24. The van der Waals surface area contributed by atoms with Crippen LogP contribution in [0.25, 0.3) is 0 Å². The van der Waals surface area contributed by atoms with E-state index in [-0.39, 0.29) is 42.7 Å². The Bertz CT molecular complexity index is 1390. The number of alkyl halides is 3. The predicted molar refractivity (Wildman–Crippen MR) is 126 cm³/mol. The van der Waals surface area contributed by atoms with Crippen LogP contribution in [0.4, 0.5) is 18.9 Å². The van der Waals surface area contributed by atoms with Gasteiger partial charge in [0.05, 0.1) is 21.8 Å². The Kier molecular flexibility index (Phi) is 8.05. The van der Waals surface area contributed by atoms with Crippen molar-refractivity contribution in [2.45, 2.75) is 18.0 Å². The number of benzene rings is 2. The number of carbonyl (C=O) groups is 1. The van der Waals surface area contributed by atoms with E-state index in [1.165, 1.54) is 42.7 Å². The average Bonchev–Trinajstić information content (AvgIpc) is 2.75. The zero-order valence-corrected chi connectivity index (χ0v) is 20.7. The minimum atomic E-state index is -4.67. The largest absolute Gasteiger partial charge is 0.455 e. The van der Waals surface area contributed by atoms with Crippen LogP contribution in [0.15, 0.2) is 53.7 Å². The highest BCUT2D eigenvalue weighted by molar-refractivity contribution is 7.92. The number of amides is 1. The third-order valence-corrected chi connectivity index (χ3v) is 6.80. The second kappa shape index (κ2) is 10.5. The van der Waals surface area contributed by atoms with E-state index in [0.29, 0.717) is 5.56 Å². The van der Waals surface area contributed by atoms with Crippen LogP contribution >= 0.6 is 34.8 Å². The Morgan fingerprint density at radius 3 is 2.43 bits per heavy atom. The van der Waals surface area contributed by atoms with Gasteiger partial charge in [0.2, 0.25) is 0 Å². The van der Waals surface area contributed by atoms with Gasteiger partial charge in [-0.15, -0.1) is 0 Å². The Balaban J connectivity index is 1.98. The van der Waals surface area contributed by atoms with Crippen LogP contribution in [-0.4, -0.2) is 32.0 Å². The van der Waals surface area contributed by atoms with Crippen molar-refractivity contribution in [3.8, 4) is 11.5 Å². The zero-order valence-electron chi connectivity index (χ0n) is 17.6. The molecule has 35 heavy (non-hydrogen) atoms. The first-order chi connectivity index (χ1) is 16.2. The molecule has 2 N–H and O–H groups in total. The minimum Gasteiger partial charge on any atom is -0.455 e. The van der Waals surface area contributed by atoms with Crippen LogP contribution in [0.2, 0.25) is 15.1 Å². The molecule has 0 aliphatic heterocycles. The van der Waals surface area contributed by atoms with E-state index in [1.807, 2.05) is 0 Å². The Hall–Kier alpha value is -2.73. The maximum Gasteiger partial charge on any atom is 0.405 e. The fourth-order valence-corrected chi connectivity index (χ4v) is 4.80. The van der Waals surface area contributed by atoms with Crippen LogP contribution in [0.3, 0.4) is 0 Å². The molecule has 0 spiro atoms. The molecule has 3 rings (SSSR count). The fourth-order valence-electron chi connectivity index (χ4n) is 2.76. The molecule has 0 atom stereocenters. The number of rotatable bonds is 7. The summed E-state index contributed by atoms with van der Waals surface area (Å²) in [5.41, 5.74) is -0.0715. The van der Waals surface area contributed by atoms with E-state index in [4.69, 9.17) is 39.5 Å². The SMILES string of the molecule is Cc1cc(S(=O)(=O)Nc2ccc(Oc3cncc(Cl)c3)c(C(=O)NCC(F)(F)F)c2)c(Cl)cc1Cl. The molecule has 0 aliphatic carbocycles. The summed E-state index contributed by atoms with van der Waals surface area (Å²) in [4.78, 5) is 16.1. The smallest absolute Gasteiger partial charge is 0.405 e. The summed E-state index contributed by atoms with van der Waals surface area (Å²) in [5, 5.41) is 2.05. The van der Waals surface area contributed by atoms with Crippen molar-refractivity contribution in [1.29, 1.82) is 0 Å². The number of anilines is 1. The van der Waals surface area contributed by atoms with Crippen molar-refractivity contribution >= 4 is 56.4 Å². The van der Waals surface area contributed by atoms with E-state index >= 15 is 0 Å². The Morgan fingerprint density at radius 1 is 1.06 bits per heavy atom. The van der Waals surface area contributed by atoms with Gasteiger partial charge in [-0.25, -0.2) is 8.42 Å². The van der Waals surface area contributed by atoms with Gasteiger partial charge >= 0.3 is 6.18 Å². The van der Waals surface area contributed by atoms with Crippen LogP contribution in [0.5, 0.6) is 11.5 Å². The van der Waals surface area contributed by atoms with E-state index in [0.717, 1.165) is 6.07 Å². The van der Waals surface area contributed by atoms with Crippen molar-refractivity contribution in [1.82, 2.24) is 10.3 Å². The number of nitrogens with one attached hydrogen (secondary N) is 2. The standard InChI is InChI=1S/C21H15Cl3F3N3O4S/c1-11-4-19(17(24)7-16(11)23)35(32,33)30-13-2-3-18(34-14-5-12(22)8-28-9-14)15(6-13)20(31)29-10-21(25,26)27/h2-9,30H,10H2,1H3,(H,29,31). The molecule has 186 valence electrons. The van der Waals surface area contributed by atoms with Gasteiger partial charge in [-0.3, -0.25) is 14.5 Å². The van der Waals surface area contributed by atoms with Crippen molar-refractivity contribution in [2.75, 3.05) is 11.3 Å². The third kappa shape index (κ3) is 7.14. The second-order valence-electron chi connectivity index (χ2n) is 7.09. The first-order valence-corrected chi connectivity index (χ1v) is 12.1. The summed E-state index contributed by atoms with van der Waals surface area (Å²) in [5.74, 6) is -1.23.